The van der Waals surface area contributed by atoms with Crippen molar-refractivity contribution in [1.82, 2.24) is 14.9 Å². The number of rotatable bonds is 1. The zero-order chi connectivity index (χ0) is 11.0. The van der Waals surface area contributed by atoms with Crippen molar-refractivity contribution in [2.45, 2.75) is 51.1 Å². The molecule has 3 nitrogen and oxygen atoms in total. The molecule has 0 unspecified atom stereocenters. The standard InChI is InChI=1S/C12H18BrN3/c13-11-10-8-14-6-7-16(10)12(15-11)9-4-2-1-3-5-9/h9,14H,1-8H2. The van der Waals surface area contributed by atoms with Gasteiger partial charge in [0.25, 0.3) is 0 Å². The van der Waals surface area contributed by atoms with Crippen LogP contribution in [0.1, 0.15) is 49.5 Å². The van der Waals surface area contributed by atoms with Gasteiger partial charge < -0.3 is 9.88 Å². The smallest absolute Gasteiger partial charge is 0.128 e. The van der Waals surface area contributed by atoms with Crippen LogP contribution in [-0.4, -0.2) is 16.1 Å². The third-order valence-corrected chi connectivity index (χ3v) is 4.46. The van der Waals surface area contributed by atoms with Crippen LogP contribution in [0.15, 0.2) is 4.60 Å². The van der Waals surface area contributed by atoms with Crippen LogP contribution in [0, 0.1) is 0 Å². The average molecular weight is 284 g/mol. The lowest BCUT2D eigenvalue weighted by atomic mass is 9.88. The largest absolute Gasteiger partial charge is 0.328 e. The number of fused-ring (bicyclic) bond motifs is 1. The van der Waals surface area contributed by atoms with Crippen molar-refractivity contribution in [3.8, 4) is 0 Å². The molecule has 4 heteroatoms. The molecule has 1 aromatic heterocycles. The topological polar surface area (TPSA) is 29.9 Å². The molecule has 0 spiro atoms. The van der Waals surface area contributed by atoms with Crippen LogP contribution in [0.2, 0.25) is 0 Å². The molecule has 0 saturated heterocycles. The van der Waals surface area contributed by atoms with Gasteiger partial charge in [0, 0.05) is 25.6 Å². The molecule has 0 bridgehead atoms. The summed E-state index contributed by atoms with van der Waals surface area (Å²) >= 11 is 3.60. The molecule has 0 radical (unpaired) electrons. The number of nitrogens with zero attached hydrogens (tertiary/aromatic N) is 2. The van der Waals surface area contributed by atoms with Crippen molar-refractivity contribution in [3.63, 3.8) is 0 Å². The predicted molar refractivity (Wildman–Crippen MR) is 67.5 cm³/mol. The van der Waals surface area contributed by atoms with Gasteiger partial charge in [0.1, 0.15) is 10.4 Å². The second-order valence-electron chi connectivity index (χ2n) is 4.87. The number of imidazole rings is 1. The van der Waals surface area contributed by atoms with Crippen molar-refractivity contribution < 1.29 is 0 Å². The summed E-state index contributed by atoms with van der Waals surface area (Å²) < 4.78 is 3.50. The molecule has 88 valence electrons. The third kappa shape index (κ3) is 1.82. The molecule has 1 aliphatic carbocycles. The number of hydrogen-bond acceptors (Lipinski definition) is 2. The first-order chi connectivity index (χ1) is 7.86. The van der Waals surface area contributed by atoms with Gasteiger partial charge in [-0.3, -0.25) is 0 Å². The van der Waals surface area contributed by atoms with Gasteiger partial charge >= 0.3 is 0 Å². The minimum absolute atomic E-state index is 0.705. The average Bonchev–Trinajstić information content (AvgIpc) is 2.69. The Morgan fingerprint density at radius 3 is 2.88 bits per heavy atom. The van der Waals surface area contributed by atoms with E-state index in [0.717, 1.165) is 24.2 Å². The summed E-state index contributed by atoms with van der Waals surface area (Å²) in [5.41, 5.74) is 1.34. The summed E-state index contributed by atoms with van der Waals surface area (Å²) in [6.45, 7) is 3.12. The van der Waals surface area contributed by atoms with E-state index in [4.69, 9.17) is 4.98 Å². The van der Waals surface area contributed by atoms with Gasteiger partial charge in [0.15, 0.2) is 0 Å². The molecule has 2 heterocycles. The maximum absolute atomic E-state index is 4.76. The number of hydrogen-bond donors (Lipinski definition) is 1. The fraction of sp³-hybridized carbons (Fsp3) is 0.750. The quantitative estimate of drug-likeness (QED) is 0.859. The number of halogens is 1. The molecule has 2 aliphatic rings. The van der Waals surface area contributed by atoms with Crippen molar-refractivity contribution in [1.29, 1.82) is 0 Å². The molecule has 1 saturated carbocycles. The Bertz CT molecular complexity index is 380. The predicted octanol–water partition coefficient (Wildman–Crippen LogP) is 2.80. The summed E-state index contributed by atoms with van der Waals surface area (Å²) in [5.74, 6) is 2.04. The number of nitrogens with one attached hydrogen (secondary N) is 1. The molecule has 16 heavy (non-hydrogen) atoms. The van der Waals surface area contributed by atoms with Gasteiger partial charge in [-0.15, -0.1) is 0 Å². The van der Waals surface area contributed by atoms with Gasteiger partial charge in [0.2, 0.25) is 0 Å². The van der Waals surface area contributed by atoms with Crippen molar-refractivity contribution in [2.75, 3.05) is 6.54 Å². The minimum Gasteiger partial charge on any atom is -0.328 e. The van der Waals surface area contributed by atoms with E-state index in [1.807, 2.05) is 0 Å². The van der Waals surface area contributed by atoms with Gasteiger partial charge in [-0.05, 0) is 28.8 Å². The maximum atomic E-state index is 4.76. The Morgan fingerprint density at radius 2 is 2.06 bits per heavy atom. The van der Waals surface area contributed by atoms with E-state index in [1.54, 1.807) is 0 Å². The Hall–Kier alpha value is -0.350. The van der Waals surface area contributed by atoms with Gasteiger partial charge in [-0.1, -0.05) is 19.3 Å². The van der Waals surface area contributed by atoms with E-state index in [1.165, 1.54) is 43.6 Å². The zero-order valence-corrected chi connectivity index (χ0v) is 11.1. The molecule has 0 amide bonds. The van der Waals surface area contributed by atoms with Crippen molar-refractivity contribution >= 4 is 15.9 Å². The van der Waals surface area contributed by atoms with Crippen LogP contribution in [0.5, 0.6) is 0 Å². The molecule has 1 N–H and O–H groups in total. The third-order valence-electron chi connectivity index (χ3n) is 3.83. The first-order valence-corrected chi connectivity index (χ1v) is 7.11. The highest BCUT2D eigenvalue weighted by Gasteiger charge is 2.25. The molecule has 3 rings (SSSR count). The van der Waals surface area contributed by atoms with Gasteiger partial charge in [0.05, 0.1) is 5.69 Å². The summed E-state index contributed by atoms with van der Waals surface area (Å²) in [5, 5.41) is 3.41. The van der Waals surface area contributed by atoms with E-state index in [9.17, 15) is 0 Å². The first-order valence-electron chi connectivity index (χ1n) is 6.32. The Kier molecular flexibility index (Phi) is 3.03. The van der Waals surface area contributed by atoms with Crippen LogP contribution in [0.4, 0.5) is 0 Å². The molecule has 0 atom stereocenters. The van der Waals surface area contributed by atoms with E-state index < -0.39 is 0 Å². The summed E-state index contributed by atoms with van der Waals surface area (Å²) in [6.07, 6.45) is 6.82. The van der Waals surface area contributed by atoms with Gasteiger partial charge in [-0.25, -0.2) is 4.98 Å². The lowest BCUT2D eigenvalue weighted by molar-refractivity contribution is 0.402. The molecule has 1 aliphatic heterocycles. The van der Waals surface area contributed by atoms with Crippen molar-refractivity contribution in [3.05, 3.63) is 16.1 Å². The zero-order valence-electron chi connectivity index (χ0n) is 9.51. The first kappa shape index (κ1) is 10.8. The lowest BCUT2D eigenvalue weighted by Gasteiger charge is -2.24. The highest BCUT2D eigenvalue weighted by molar-refractivity contribution is 9.10. The molecular formula is C12H18BrN3. The molecule has 0 aromatic carbocycles. The van der Waals surface area contributed by atoms with Crippen LogP contribution in [0.3, 0.4) is 0 Å². The van der Waals surface area contributed by atoms with E-state index in [-0.39, 0.29) is 0 Å². The normalized spacial score (nSPS) is 22.1. The highest BCUT2D eigenvalue weighted by atomic mass is 79.9. The second-order valence-corrected chi connectivity index (χ2v) is 5.62. The summed E-state index contributed by atoms with van der Waals surface area (Å²) in [7, 11) is 0. The Labute approximate surface area is 105 Å². The Balaban J connectivity index is 1.93. The van der Waals surface area contributed by atoms with E-state index in [0.29, 0.717) is 5.92 Å². The van der Waals surface area contributed by atoms with Crippen LogP contribution < -0.4 is 5.32 Å². The molecule has 1 aromatic rings. The molecule has 1 fully saturated rings. The SMILES string of the molecule is Brc1nc(C2CCCCC2)n2c1CNCC2. The second kappa shape index (κ2) is 4.49. The minimum atomic E-state index is 0.705. The van der Waals surface area contributed by atoms with E-state index in [2.05, 4.69) is 25.8 Å². The molecular weight excluding hydrogens is 266 g/mol. The Morgan fingerprint density at radius 1 is 1.25 bits per heavy atom. The fourth-order valence-electron chi connectivity index (χ4n) is 2.96. The fourth-order valence-corrected chi connectivity index (χ4v) is 3.50. The lowest BCUT2D eigenvalue weighted by Crippen LogP contribution is -2.29. The highest BCUT2D eigenvalue weighted by Crippen LogP contribution is 2.34. The van der Waals surface area contributed by atoms with E-state index >= 15 is 0 Å². The summed E-state index contributed by atoms with van der Waals surface area (Å²) in [6, 6.07) is 0. The number of aromatic nitrogens is 2. The van der Waals surface area contributed by atoms with Crippen LogP contribution in [-0.2, 0) is 13.1 Å². The monoisotopic (exact) mass is 283 g/mol. The summed E-state index contributed by atoms with van der Waals surface area (Å²) in [4.78, 5) is 4.76. The van der Waals surface area contributed by atoms with Crippen LogP contribution >= 0.6 is 15.9 Å². The van der Waals surface area contributed by atoms with Gasteiger partial charge in [-0.2, -0.15) is 0 Å². The maximum Gasteiger partial charge on any atom is 0.128 e. The van der Waals surface area contributed by atoms with Crippen LogP contribution in [0.25, 0.3) is 0 Å². The van der Waals surface area contributed by atoms with Crippen molar-refractivity contribution in [2.24, 2.45) is 0 Å².